The van der Waals surface area contributed by atoms with E-state index in [0.29, 0.717) is 6.54 Å². The van der Waals surface area contributed by atoms with Crippen LogP contribution >= 0.6 is 0 Å². The highest BCUT2D eigenvalue weighted by molar-refractivity contribution is 5.27. The van der Waals surface area contributed by atoms with Crippen LogP contribution in [0.15, 0.2) is 24.3 Å². The topological polar surface area (TPSA) is 38.5 Å². The van der Waals surface area contributed by atoms with Crippen LogP contribution < -0.4 is 10.5 Å². The summed E-state index contributed by atoms with van der Waals surface area (Å²) in [5.41, 5.74) is 6.81. The molecule has 0 saturated heterocycles. The number of ether oxygens (including phenoxy) is 1. The van der Waals surface area contributed by atoms with Crippen molar-refractivity contribution in [1.82, 2.24) is 4.90 Å². The Morgan fingerprint density at radius 2 is 1.89 bits per heavy atom. The van der Waals surface area contributed by atoms with E-state index in [9.17, 15) is 0 Å². The molecule has 0 spiro atoms. The lowest BCUT2D eigenvalue weighted by atomic mass is 10.1. The zero-order valence-corrected chi connectivity index (χ0v) is 12.0. The first-order chi connectivity index (χ1) is 9.29. The molecular formula is C16H26N2O. The maximum atomic E-state index is 5.80. The van der Waals surface area contributed by atoms with Crippen molar-refractivity contribution in [3.05, 3.63) is 29.8 Å². The van der Waals surface area contributed by atoms with E-state index in [0.717, 1.165) is 31.4 Å². The molecular weight excluding hydrogens is 236 g/mol. The normalized spacial score (nSPS) is 16.2. The van der Waals surface area contributed by atoms with Crippen molar-refractivity contribution >= 4 is 0 Å². The predicted molar refractivity (Wildman–Crippen MR) is 79.6 cm³/mol. The molecule has 1 aliphatic rings. The molecule has 0 bridgehead atoms. The number of nitrogens with zero attached hydrogens (tertiary/aromatic N) is 1. The van der Waals surface area contributed by atoms with Crippen LogP contribution in [-0.4, -0.2) is 37.7 Å². The van der Waals surface area contributed by atoms with Crippen LogP contribution in [0.5, 0.6) is 5.75 Å². The highest BCUT2D eigenvalue weighted by Gasteiger charge is 2.18. The third kappa shape index (κ3) is 4.51. The van der Waals surface area contributed by atoms with E-state index < -0.39 is 0 Å². The average molecular weight is 262 g/mol. The van der Waals surface area contributed by atoms with Crippen molar-refractivity contribution in [2.45, 2.75) is 38.1 Å². The van der Waals surface area contributed by atoms with E-state index in [2.05, 4.69) is 24.1 Å². The first-order valence-electron chi connectivity index (χ1n) is 7.41. The van der Waals surface area contributed by atoms with Gasteiger partial charge in [-0.3, -0.25) is 0 Å². The van der Waals surface area contributed by atoms with Crippen LogP contribution in [0.3, 0.4) is 0 Å². The Bertz CT molecular complexity index is 358. The van der Waals surface area contributed by atoms with Crippen molar-refractivity contribution in [2.75, 3.05) is 26.7 Å². The van der Waals surface area contributed by atoms with Crippen molar-refractivity contribution in [3.8, 4) is 5.75 Å². The highest BCUT2D eigenvalue weighted by atomic mass is 16.5. The second-order valence-corrected chi connectivity index (χ2v) is 5.45. The SMILES string of the molecule is CN(CCOc1ccc(CCN)cc1)C1CCCC1. The lowest BCUT2D eigenvalue weighted by Gasteiger charge is -2.23. The third-order valence-corrected chi connectivity index (χ3v) is 4.02. The minimum atomic E-state index is 0.701. The molecule has 3 nitrogen and oxygen atoms in total. The first kappa shape index (κ1) is 14.4. The summed E-state index contributed by atoms with van der Waals surface area (Å²) < 4.78 is 5.80. The molecule has 1 aromatic rings. The van der Waals surface area contributed by atoms with Gasteiger partial charge in [0.2, 0.25) is 0 Å². The summed E-state index contributed by atoms with van der Waals surface area (Å²) in [5, 5.41) is 0. The number of likely N-dealkylation sites (N-methyl/N-ethyl adjacent to an activating group) is 1. The van der Waals surface area contributed by atoms with E-state index in [1.165, 1.54) is 31.2 Å². The van der Waals surface area contributed by atoms with Crippen molar-refractivity contribution in [3.63, 3.8) is 0 Å². The zero-order valence-electron chi connectivity index (χ0n) is 12.0. The number of hydrogen-bond acceptors (Lipinski definition) is 3. The van der Waals surface area contributed by atoms with Gasteiger partial charge >= 0.3 is 0 Å². The number of hydrogen-bond donors (Lipinski definition) is 1. The Balaban J connectivity index is 1.69. The molecule has 2 N–H and O–H groups in total. The maximum absolute atomic E-state index is 5.80. The van der Waals surface area contributed by atoms with Gasteiger partial charge in [-0.1, -0.05) is 25.0 Å². The summed E-state index contributed by atoms with van der Waals surface area (Å²) in [5.74, 6) is 0.959. The van der Waals surface area contributed by atoms with Crippen LogP contribution in [0.1, 0.15) is 31.2 Å². The molecule has 0 radical (unpaired) electrons. The van der Waals surface area contributed by atoms with Crippen LogP contribution in [0, 0.1) is 0 Å². The minimum absolute atomic E-state index is 0.701. The Hall–Kier alpha value is -1.06. The Morgan fingerprint density at radius 3 is 2.53 bits per heavy atom. The summed E-state index contributed by atoms with van der Waals surface area (Å²) in [7, 11) is 2.21. The van der Waals surface area contributed by atoms with E-state index >= 15 is 0 Å². The van der Waals surface area contributed by atoms with Crippen LogP contribution in [0.25, 0.3) is 0 Å². The largest absolute Gasteiger partial charge is 0.492 e. The van der Waals surface area contributed by atoms with Gasteiger partial charge in [-0.2, -0.15) is 0 Å². The molecule has 0 amide bonds. The van der Waals surface area contributed by atoms with E-state index in [-0.39, 0.29) is 0 Å². The summed E-state index contributed by atoms with van der Waals surface area (Å²) in [6.45, 7) is 2.48. The second kappa shape index (κ2) is 7.51. The molecule has 0 heterocycles. The fourth-order valence-electron chi connectivity index (χ4n) is 2.75. The highest BCUT2D eigenvalue weighted by Crippen LogP contribution is 2.22. The van der Waals surface area contributed by atoms with Crippen LogP contribution in [0.2, 0.25) is 0 Å². The maximum Gasteiger partial charge on any atom is 0.119 e. The Kier molecular flexibility index (Phi) is 5.67. The monoisotopic (exact) mass is 262 g/mol. The van der Waals surface area contributed by atoms with Gasteiger partial charge in [-0.25, -0.2) is 0 Å². The fourth-order valence-corrected chi connectivity index (χ4v) is 2.75. The van der Waals surface area contributed by atoms with Gasteiger partial charge in [0.05, 0.1) is 0 Å². The van der Waals surface area contributed by atoms with Gasteiger partial charge in [0.25, 0.3) is 0 Å². The average Bonchev–Trinajstić information content (AvgIpc) is 2.95. The summed E-state index contributed by atoms with van der Waals surface area (Å²) in [4.78, 5) is 2.44. The Morgan fingerprint density at radius 1 is 1.21 bits per heavy atom. The molecule has 0 atom stereocenters. The molecule has 0 aromatic heterocycles. The van der Waals surface area contributed by atoms with E-state index in [1.54, 1.807) is 0 Å². The number of nitrogens with two attached hydrogens (primary N) is 1. The van der Waals surface area contributed by atoms with Gasteiger partial charge in [-0.15, -0.1) is 0 Å². The predicted octanol–water partition coefficient (Wildman–Crippen LogP) is 2.44. The molecule has 0 unspecified atom stereocenters. The third-order valence-electron chi connectivity index (χ3n) is 4.02. The molecule has 1 saturated carbocycles. The first-order valence-corrected chi connectivity index (χ1v) is 7.41. The minimum Gasteiger partial charge on any atom is -0.492 e. The zero-order chi connectivity index (χ0) is 13.5. The van der Waals surface area contributed by atoms with Crippen LogP contribution in [-0.2, 0) is 6.42 Å². The van der Waals surface area contributed by atoms with Crippen molar-refractivity contribution < 1.29 is 4.74 Å². The van der Waals surface area contributed by atoms with Gasteiger partial charge in [0.15, 0.2) is 0 Å². The van der Waals surface area contributed by atoms with Gasteiger partial charge in [0, 0.05) is 12.6 Å². The van der Waals surface area contributed by atoms with E-state index in [1.807, 2.05) is 12.1 Å². The lowest BCUT2D eigenvalue weighted by Crippen LogP contribution is -2.32. The quantitative estimate of drug-likeness (QED) is 0.820. The summed E-state index contributed by atoms with van der Waals surface area (Å²) in [6.07, 6.45) is 6.41. The number of benzene rings is 1. The lowest BCUT2D eigenvalue weighted by molar-refractivity contribution is 0.193. The molecule has 106 valence electrons. The molecule has 1 aliphatic carbocycles. The molecule has 3 heteroatoms. The molecule has 0 aliphatic heterocycles. The molecule has 1 aromatic carbocycles. The standard InChI is InChI=1S/C16H26N2O/c1-18(15-4-2-3-5-15)12-13-19-16-8-6-14(7-9-16)10-11-17/h6-9,15H,2-5,10-13,17H2,1H3. The summed E-state index contributed by atoms with van der Waals surface area (Å²) in [6, 6.07) is 9.06. The van der Waals surface area contributed by atoms with Crippen molar-refractivity contribution in [2.24, 2.45) is 5.73 Å². The number of rotatable bonds is 7. The second-order valence-electron chi connectivity index (χ2n) is 5.45. The molecule has 2 rings (SSSR count). The van der Waals surface area contributed by atoms with Crippen molar-refractivity contribution in [1.29, 1.82) is 0 Å². The van der Waals surface area contributed by atoms with Gasteiger partial charge in [-0.05, 0) is 50.6 Å². The van der Waals surface area contributed by atoms with Gasteiger partial charge in [0.1, 0.15) is 12.4 Å². The fraction of sp³-hybridized carbons (Fsp3) is 0.625. The Labute approximate surface area is 116 Å². The van der Waals surface area contributed by atoms with E-state index in [4.69, 9.17) is 10.5 Å². The molecule has 19 heavy (non-hydrogen) atoms. The molecule has 1 fully saturated rings. The van der Waals surface area contributed by atoms with Gasteiger partial charge < -0.3 is 15.4 Å². The van der Waals surface area contributed by atoms with Crippen LogP contribution in [0.4, 0.5) is 0 Å². The summed E-state index contributed by atoms with van der Waals surface area (Å²) >= 11 is 0. The smallest absolute Gasteiger partial charge is 0.119 e.